The van der Waals surface area contributed by atoms with Crippen LogP contribution in [-0.2, 0) is 18.4 Å². The van der Waals surface area contributed by atoms with Crippen LogP contribution < -0.4 is 10.2 Å². The van der Waals surface area contributed by atoms with E-state index in [9.17, 15) is 19.4 Å². The largest absolute Gasteiger partial charge is 0.756 e. The van der Waals surface area contributed by atoms with E-state index in [-0.39, 0.29) is 19.1 Å². The van der Waals surface area contributed by atoms with E-state index in [1.165, 1.54) is 193 Å². The summed E-state index contributed by atoms with van der Waals surface area (Å²) in [5.41, 5.74) is 0. The van der Waals surface area contributed by atoms with E-state index in [1.54, 1.807) is 6.08 Å². The van der Waals surface area contributed by atoms with Crippen molar-refractivity contribution in [3.05, 3.63) is 24.3 Å². The summed E-state index contributed by atoms with van der Waals surface area (Å²) in [4.78, 5) is 25.3. The summed E-state index contributed by atoms with van der Waals surface area (Å²) >= 11 is 0. The SMILES string of the molecule is CCCCCC/C=C/CC/C=C/C(O)C(COP(=O)([O-])OCC[N+](C)(C)C)NC(=O)CCCCCCCCCCCCCCCCCCCCCCCCCCCCCCC. The molecule has 0 aliphatic rings. The number of allylic oxidation sites excluding steroid dienone is 3. The average molecular weight is 883 g/mol. The summed E-state index contributed by atoms with van der Waals surface area (Å²) in [6.45, 7) is 4.61. The van der Waals surface area contributed by atoms with Crippen LogP contribution in [0.25, 0.3) is 0 Å². The number of carbonyl (C=O) groups is 1. The zero-order valence-electron chi connectivity index (χ0n) is 41.1. The lowest BCUT2D eigenvalue weighted by atomic mass is 10.0. The van der Waals surface area contributed by atoms with Crippen molar-refractivity contribution in [2.45, 2.75) is 264 Å². The summed E-state index contributed by atoms with van der Waals surface area (Å²) < 4.78 is 23.2. The fourth-order valence-electron chi connectivity index (χ4n) is 7.76. The number of aliphatic hydroxyl groups excluding tert-OH is 1. The number of unbranched alkanes of at least 4 members (excludes halogenated alkanes) is 33. The molecule has 2 N–H and O–H groups in total. The summed E-state index contributed by atoms with van der Waals surface area (Å²) in [6, 6.07) is -0.897. The van der Waals surface area contributed by atoms with Gasteiger partial charge >= 0.3 is 0 Å². The lowest BCUT2D eigenvalue weighted by Crippen LogP contribution is -2.45. The molecule has 0 fully saturated rings. The normalized spacial score (nSPS) is 14.3. The molecule has 0 bridgehead atoms. The average Bonchev–Trinajstić information content (AvgIpc) is 3.21. The van der Waals surface area contributed by atoms with Crippen molar-refractivity contribution in [1.82, 2.24) is 5.32 Å². The minimum Gasteiger partial charge on any atom is -0.756 e. The quantitative estimate of drug-likeness (QED) is 0.0273. The molecule has 1 amide bonds. The van der Waals surface area contributed by atoms with Gasteiger partial charge in [-0.25, -0.2) is 0 Å². The summed E-state index contributed by atoms with van der Waals surface area (Å²) in [6.07, 6.45) is 54.2. The van der Waals surface area contributed by atoms with Crippen LogP contribution >= 0.6 is 7.82 Å². The minimum absolute atomic E-state index is 0.00441. The highest BCUT2D eigenvalue weighted by Crippen LogP contribution is 2.38. The van der Waals surface area contributed by atoms with E-state index in [1.807, 2.05) is 27.2 Å². The molecule has 0 aromatic heterocycles. The number of hydrogen-bond donors (Lipinski definition) is 2. The first-order valence-corrected chi connectivity index (χ1v) is 27.7. The molecule has 0 aromatic carbocycles. The molecule has 0 aliphatic carbocycles. The maximum Gasteiger partial charge on any atom is 0.268 e. The Labute approximate surface area is 379 Å². The van der Waals surface area contributed by atoms with Gasteiger partial charge in [-0.3, -0.25) is 9.36 Å². The molecule has 0 saturated heterocycles. The third-order valence-electron chi connectivity index (χ3n) is 11.9. The Morgan fingerprint density at radius 2 is 0.918 bits per heavy atom. The number of rotatable bonds is 48. The van der Waals surface area contributed by atoms with Crippen molar-refractivity contribution in [2.24, 2.45) is 0 Å². The van der Waals surface area contributed by atoms with Gasteiger partial charge in [-0.15, -0.1) is 0 Å². The molecule has 3 unspecified atom stereocenters. The Morgan fingerprint density at radius 1 is 0.557 bits per heavy atom. The lowest BCUT2D eigenvalue weighted by Gasteiger charge is -2.29. The van der Waals surface area contributed by atoms with Crippen molar-refractivity contribution < 1.29 is 32.9 Å². The van der Waals surface area contributed by atoms with Gasteiger partial charge in [0.25, 0.3) is 7.82 Å². The van der Waals surface area contributed by atoms with Crippen molar-refractivity contribution in [3.8, 4) is 0 Å². The van der Waals surface area contributed by atoms with Crippen LogP contribution in [0.2, 0.25) is 0 Å². The number of quaternary nitrogens is 1. The summed E-state index contributed by atoms with van der Waals surface area (Å²) in [5.74, 6) is -0.205. The number of phosphoric acid groups is 1. The standard InChI is InChI=1S/C52H103N2O6P/c1-6-8-10-12-14-16-18-19-20-21-22-23-24-25-26-27-28-29-30-31-32-33-34-35-36-38-40-42-44-46-52(56)53-50(49-60-61(57,58)59-48-47-54(3,4)5)51(55)45-43-41-39-37-17-15-13-11-9-7-2/h17,37,43,45,50-51,55H,6-16,18-36,38-42,44,46-49H2,1-5H3,(H-,53,56,57,58)/b37-17+,45-43+. The van der Waals surface area contributed by atoms with Gasteiger partial charge in [0.2, 0.25) is 5.91 Å². The third kappa shape index (κ3) is 46.8. The number of nitrogens with zero attached hydrogens (tertiary/aromatic N) is 1. The second kappa shape index (κ2) is 44.2. The van der Waals surface area contributed by atoms with Crippen molar-refractivity contribution >= 4 is 13.7 Å². The molecule has 0 heterocycles. The van der Waals surface area contributed by atoms with Gasteiger partial charge in [0.1, 0.15) is 13.2 Å². The zero-order valence-corrected chi connectivity index (χ0v) is 42.0. The van der Waals surface area contributed by atoms with Crippen LogP contribution in [0, 0.1) is 0 Å². The summed E-state index contributed by atoms with van der Waals surface area (Å²) in [7, 11) is 1.25. The van der Waals surface area contributed by atoms with Crippen LogP contribution in [0.15, 0.2) is 24.3 Å². The predicted molar refractivity (Wildman–Crippen MR) is 261 cm³/mol. The molecule has 362 valence electrons. The van der Waals surface area contributed by atoms with E-state index in [2.05, 4.69) is 31.3 Å². The van der Waals surface area contributed by atoms with E-state index in [4.69, 9.17) is 9.05 Å². The highest BCUT2D eigenvalue weighted by Gasteiger charge is 2.23. The van der Waals surface area contributed by atoms with E-state index >= 15 is 0 Å². The fourth-order valence-corrected chi connectivity index (χ4v) is 8.48. The number of phosphoric ester groups is 1. The number of likely N-dealkylation sites (N-methyl/N-ethyl adjacent to an activating group) is 1. The van der Waals surface area contributed by atoms with Crippen LogP contribution in [0.3, 0.4) is 0 Å². The minimum atomic E-state index is -4.59. The number of carbonyl (C=O) groups excluding carboxylic acids is 1. The Morgan fingerprint density at radius 3 is 1.33 bits per heavy atom. The molecule has 0 aliphatic heterocycles. The number of nitrogens with one attached hydrogen (secondary N) is 1. The molecule has 61 heavy (non-hydrogen) atoms. The maximum absolute atomic E-state index is 12.9. The molecule has 3 atom stereocenters. The zero-order chi connectivity index (χ0) is 45.0. The van der Waals surface area contributed by atoms with Crippen LogP contribution in [-0.4, -0.2) is 68.5 Å². The molecule has 8 nitrogen and oxygen atoms in total. The van der Waals surface area contributed by atoms with E-state index in [0.717, 1.165) is 38.5 Å². The van der Waals surface area contributed by atoms with E-state index in [0.29, 0.717) is 17.4 Å². The Hall–Kier alpha value is -1.02. The first-order valence-electron chi connectivity index (χ1n) is 26.2. The molecular formula is C52H103N2O6P. The van der Waals surface area contributed by atoms with Gasteiger partial charge in [-0.05, 0) is 32.1 Å². The monoisotopic (exact) mass is 883 g/mol. The molecule has 0 rings (SSSR count). The van der Waals surface area contributed by atoms with Gasteiger partial charge in [-0.1, -0.05) is 237 Å². The van der Waals surface area contributed by atoms with Crippen molar-refractivity contribution in [2.75, 3.05) is 40.9 Å². The number of aliphatic hydroxyl groups is 1. The topological polar surface area (TPSA) is 108 Å². The first kappa shape index (κ1) is 60.0. The van der Waals surface area contributed by atoms with Gasteiger partial charge in [-0.2, -0.15) is 0 Å². The first-order chi connectivity index (χ1) is 29.5. The van der Waals surface area contributed by atoms with E-state index < -0.39 is 20.0 Å². The smallest absolute Gasteiger partial charge is 0.268 e. The van der Waals surface area contributed by atoms with Crippen LogP contribution in [0.5, 0.6) is 0 Å². The lowest BCUT2D eigenvalue weighted by molar-refractivity contribution is -0.870. The Bertz CT molecular complexity index is 1050. The van der Waals surface area contributed by atoms with Crippen LogP contribution in [0.4, 0.5) is 0 Å². The van der Waals surface area contributed by atoms with Gasteiger partial charge < -0.3 is 28.8 Å². The molecule has 9 heteroatoms. The Balaban J connectivity index is 4.01. The van der Waals surface area contributed by atoms with Crippen molar-refractivity contribution in [3.63, 3.8) is 0 Å². The van der Waals surface area contributed by atoms with Gasteiger partial charge in [0.15, 0.2) is 0 Å². The van der Waals surface area contributed by atoms with Crippen LogP contribution in [0.1, 0.15) is 251 Å². The Kier molecular flexibility index (Phi) is 43.5. The highest BCUT2D eigenvalue weighted by atomic mass is 31.2. The molecule has 0 aromatic rings. The molecular weight excluding hydrogens is 780 g/mol. The second-order valence-electron chi connectivity index (χ2n) is 19.2. The predicted octanol–water partition coefficient (Wildman–Crippen LogP) is 14.6. The highest BCUT2D eigenvalue weighted by molar-refractivity contribution is 7.45. The fraction of sp³-hybridized carbons (Fsp3) is 0.904. The number of hydrogen-bond acceptors (Lipinski definition) is 6. The number of amides is 1. The van der Waals surface area contributed by atoms with Gasteiger partial charge in [0.05, 0.1) is 39.9 Å². The molecule has 0 spiro atoms. The van der Waals surface area contributed by atoms with Crippen molar-refractivity contribution in [1.29, 1.82) is 0 Å². The molecule has 0 saturated carbocycles. The third-order valence-corrected chi connectivity index (χ3v) is 12.9. The maximum atomic E-state index is 12.9. The second-order valence-corrected chi connectivity index (χ2v) is 20.6. The summed E-state index contributed by atoms with van der Waals surface area (Å²) in [5, 5.41) is 13.7. The van der Waals surface area contributed by atoms with Gasteiger partial charge in [0, 0.05) is 6.42 Å². The molecule has 0 radical (unpaired) electrons.